The molecule has 2 aliphatic carbocycles. The van der Waals surface area contributed by atoms with Crippen LogP contribution < -0.4 is 4.74 Å². The molecule has 0 radical (unpaired) electrons. The van der Waals surface area contributed by atoms with Gasteiger partial charge in [-0.3, -0.25) is 9.69 Å². The first kappa shape index (κ1) is 24.2. The van der Waals surface area contributed by atoms with Gasteiger partial charge < -0.3 is 14.4 Å². The van der Waals surface area contributed by atoms with Gasteiger partial charge in [-0.2, -0.15) is 0 Å². The predicted molar refractivity (Wildman–Crippen MR) is 145 cm³/mol. The van der Waals surface area contributed by atoms with Crippen molar-refractivity contribution in [3.05, 3.63) is 46.5 Å². The molecule has 2 bridgehead atoms. The van der Waals surface area contributed by atoms with E-state index in [1.165, 1.54) is 31.0 Å². The third-order valence-electron chi connectivity index (χ3n) is 7.43. The van der Waals surface area contributed by atoms with Gasteiger partial charge in [0.25, 0.3) is 5.91 Å². The van der Waals surface area contributed by atoms with E-state index >= 15 is 0 Å². The van der Waals surface area contributed by atoms with Crippen LogP contribution in [0.4, 0.5) is 0 Å². The SMILES string of the molecule is COc1cccc(-c2c(C#CCCCO)cc(/C=C3\SC(=S)N(C4CC5CCC4C5)C3=O)n2C)c1. The minimum absolute atomic E-state index is 0.0391. The average molecular weight is 507 g/mol. The quantitative estimate of drug-likeness (QED) is 0.252. The lowest BCUT2D eigenvalue weighted by Crippen LogP contribution is -2.41. The Morgan fingerprint density at radius 1 is 1.29 bits per heavy atom. The summed E-state index contributed by atoms with van der Waals surface area (Å²) in [4.78, 5) is 16.0. The lowest BCUT2D eigenvalue weighted by molar-refractivity contribution is -0.124. The van der Waals surface area contributed by atoms with Crippen LogP contribution in [-0.2, 0) is 11.8 Å². The summed E-state index contributed by atoms with van der Waals surface area (Å²) in [5.74, 6) is 8.62. The van der Waals surface area contributed by atoms with E-state index < -0.39 is 0 Å². The van der Waals surface area contributed by atoms with E-state index in [9.17, 15) is 4.79 Å². The molecule has 5 rings (SSSR count). The highest BCUT2D eigenvalue weighted by molar-refractivity contribution is 8.26. The lowest BCUT2D eigenvalue weighted by Gasteiger charge is -2.30. The summed E-state index contributed by atoms with van der Waals surface area (Å²) in [5.41, 5.74) is 3.75. The van der Waals surface area contributed by atoms with Crippen LogP contribution in [0.25, 0.3) is 17.3 Å². The molecule has 182 valence electrons. The fraction of sp³-hybridized carbons (Fsp3) is 0.429. The van der Waals surface area contributed by atoms with Gasteiger partial charge in [-0.05, 0) is 61.8 Å². The first-order valence-corrected chi connectivity index (χ1v) is 13.4. The van der Waals surface area contributed by atoms with Crippen molar-refractivity contribution in [2.75, 3.05) is 13.7 Å². The molecule has 1 amide bonds. The molecule has 3 unspecified atom stereocenters. The summed E-state index contributed by atoms with van der Waals surface area (Å²) < 4.78 is 8.20. The molecule has 1 N–H and O–H groups in total. The monoisotopic (exact) mass is 506 g/mol. The molecule has 3 atom stereocenters. The number of thioether (sulfide) groups is 1. The molecule has 2 heterocycles. The minimum Gasteiger partial charge on any atom is -0.497 e. The number of methoxy groups -OCH3 is 1. The van der Waals surface area contributed by atoms with E-state index in [1.54, 1.807) is 7.11 Å². The zero-order valence-corrected chi connectivity index (χ0v) is 21.8. The number of aliphatic hydroxyl groups is 1. The Labute approximate surface area is 216 Å². The van der Waals surface area contributed by atoms with Crippen molar-refractivity contribution in [2.24, 2.45) is 18.9 Å². The van der Waals surface area contributed by atoms with Gasteiger partial charge in [-0.25, -0.2) is 0 Å². The number of carbonyl (C=O) groups excluding carboxylic acids is 1. The summed E-state index contributed by atoms with van der Waals surface area (Å²) in [5, 5.41) is 9.10. The summed E-state index contributed by atoms with van der Waals surface area (Å²) in [7, 11) is 3.65. The Kier molecular flexibility index (Phi) is 7.06. The molecule has 35 heavy (non-hydrogen) atoms. The van der Waals surface area contributed by atoms with Gasteiger partial charge in [0.2, 0.25) is 0 Å². The summed E-state index contributed by atoms with van der Waals surface area (Å²) in [6, 6.07) is 10.2. The second kappa shape index (κ2) is 10.2. The highest BCUT2D eigenvalue weighted by Crippen LogP contribution is 2.49. The number of hydrogen-bond donors (Lipinski definition) is 1. The second-order valence-electron chi connectivity index (χ2n) is 9.55. The van der Waals surface area contributed by atoms with Crippen molar-refractivity contribution in [1.29, 1.82) is 0 Å². The van der Waals surface area contributed by atoms with Gasteiger partial charge in [0.1, 0.15) is 10.1 Å². The Hall–Kier alpha value is -2.53. The molecular weight excluding hydrogens is 476 g/mol. The highest BCUT2D eigenvalue weighted by Gasteiger charge is 2.48. The van der Waals surface area contributed by atoms with Crippen LogP contribution in [0.15, 0.2) is 35.2 Å². The highest BCUT2D eigenvalue weighted by atomic mass is 32.2. The third-order valence-corrected chi connectivity index (χ3v) is 8.76. The van der Waals surface area contributed by atoms with E-state index in [-0.39, 0.29) is 18.6 Å². The minimum atomic E-state index is 0.0391. The number of rotatable bonds is 6. The van der Waals surface area contributed by atoms with Crippen LogP contribution in [0, 0.1) is 23.7 Å². The first-order chi connectivity index (χ1) is 17.0. The van der Waals surface area contributed by atoms with Crippen LogP contribution in [0.2, 0.25) is 0 Å². The number of fused-ring (bicyclic) bond motifs is 2. The molecule has 3 fully saturated rings. The molecular formula is C28H30N2O3S2. The number of ether oxygens (including phenoxy) is 1. The van der Waals surface area contributed by atoms with Gasteiger partial charge in [0, 0.05) is 37.4 Å². The number of aliphatic hydroxyl groups excluding tert-OH is 1. The zero-order chi connectivity index (χ0) is 24.5. The number of amides is 1. The zero-order valence-electron chi connectivity index (χ0n) is 20.1. The predicted octanol–water partition coefficient (Wildman–Crippen LogP) is 5.21. The fourth-order valence-corrected chi connectivity index (χ4v) is 7.09. The Bertz CT molecular complexity index is 1250. The van der Waals surface area contributed by atoms with E-state index in [1.807, 2.05) is 48.4 Å². The van der Waals surface area contributed by atoms with Crippen LogP contribution >= 0.6 is 24.0 Å². The van der Waals surface area contributed by atoms with Crippen molar-refractivity contribution in [3.8, 4) is 28.8 Å². The molecule has 7 heteroatoms. The topological polar surface area (TPSA) is 54.7 Å². The number of thiocarbonyl (C=S) groups is 1. The van der Waals surface area contributed by atoms with Crippen molar-refractivity contribution in [2.45, 2.75) is 44.6 Å². The summed E-state index contributed by atoms with van der Waals surface area (Å²) >= 11 is 7.09. The largest absolute Gasteiger partial charge is 0.497 e. The normalized spacial score (nSPS) is 24.4. The summed E-state index contributed by atoms with van der Waals surface area (Å²) in [6.45, 7) is 0.127. The molecule has 1 saturated heterocycles. The van der Waals surface area contributed by atoms with E-state index in [4.69, 9.17) is 22.1 Å². The molecule has 3 aliphatic rings. The molecule has 2 aromatic rings. The molecule has 1 aromatic heterocycles. The van der Waals surface area contributed by atoms with Crippen molar-refractivity contribution < 1.29 is 14.6 Å². The number of carbonyl (C=O) groups is 1. The maximum Gasteiger partial charge on any atom is 0.266 e. The smallest absolute Gasteiger partial charge is 0.266 e. The van der Waals surface area contributed by atoms with Gasteiger partial charge in [-0.15, -0.1) is 0 Å². The Morgan fingerprint density at radius 2 is 2.14 bits per heavy atom. The van der Waals surface area contributed by atoms with Crippen LogP contribution in [0.5, 0.6) is 5.75 Å². The number of unbranched alkanes of at least 4 members (excludes halogenated alkanes) is 1. The van der Waals surface area contributed by atoms with Gasteiger partial charge in [-0.1, -0.05) is 54.4 Å². The van der Waals surface area contributed by atoms with Gasteiger partial charge >= 0.3 is 0 Å². The van der Waals surface area contributed by atoms with E-state index in [0.717, 1.165) is 40.6 Å². The van der Waals surface area contributed by atoms with E-state index in [0.29, 0.717) is 28.0 Å². The summed E-state index contributed by atoms with van der Waals surface area (Å²) in [6.07, 6.45) is 8.06. The molecule has 0 spiro atoms. The van der Waals surface area contributed by atoms with Crippen molar-refractivity contribution >= 4 is 40.3 Å². The second-order valence-corrected chi connectivity index (χ2v) is 11.2. The Balaban J connectivity index is 1.49. The van der Waals surface area contributed by atoms with Crippen molar-refractivity contribution in [1.82, 2.24) is 9.47 Å². The molecule has 2 saturated carbocycles. The number of nitrogens with zero attached hydrogens (tertiary/aromatic N) is 2. The first-order valence-electron chi connectivity index (χ1n) is 12.2. The molecule has 1 aliphatic heterocycles. The standard InChI is InChI=1S/C28H30N2O3S2/c1-29-22(17-25-27(32)30(28(34)35-25)24-14-18-10-11-19(24)13-18)15-20(7-4-3-5-12-31)26(29)21-8-6-9-23(16-21)33-2/h6,8-9,15-19,24,31H,3,5,10-14H2,1-2H3/b25-17-. The molecule has 5 nitrogen and oxygen atoms in total. The maximum absolute atomic E-state index is 13.5. The number of aromatic nitrogens is 1. The maximum atomic E-state index is 13.5. The van der Waals surface area contributed by atoms with Crippen LogP contribution in [0.3, 0.4) is 0 Å². The number of hydrogen-bond acceptors (Lipinski definition) is 5. The van der Waals surface area contributed by atoms with Gasteiger partial charge in [0.05, 0.1) is 23.3 Å². The van der Waals surface area contributed by atoms with Crippen LogP contribution in [-0.4, -0.2) is 44.6 Å². The average Bonchev–Trinajstić information content (AvgIpc) is 3.61. The van der Waals surface area contributed by atoms with E-state index in [2.05, 4.69) is 16.4 Å². The van der Waals surface area contributed by atoms with Gasteiger partial charge in [0.15, 0.2) is 0 Å². The van der Waals surface area contributed by atoms with Crippen LogP contribution in [0.1, 0.15) is 49.8 Å². The Morgan fingerprint density at radius 3 is 2.86 bits per heavy atom. The number of benzene rings is 1. The third kappa shape index (κ3) is 4.67. The fourth-order valence-electron chi connectivity index (χ4n) is 5.73. The lowest BCUT2D eigenvalue weighted by atomic mass is 9.94. The molecule has 1 aromatic carbocycles. The van der Waals surface area contributed by atoms with Crippen molar-refractivity contribution in [3.63, 3.8) is 0 Å².